The topological polar surface area (TPSA) is 91.2 Å². The van der Waals surface area contributed by atoms with E-state index in [2.05, 4.69) is 45.4 Å². The van der Waals surface area contributed by atoms with E-state index in [1.54, 1.807) is 17.5 Å². The lowest BCUT2D eigenvalue weighted by molar-refractivity contribution is -0.0213. The van der Waals surface area contributed by atoms with Gasteiger partial charge in [0.25, 0.3) is 0 Å². The number of aliphatic hydroxyl groups excluding tert-OH is 1. The number of hydrogen-bond donors (Lipinski definition) is 3. The van der Waals surface area contributed by atoms with Crippen molar-refractivity contribution in [2.24, 2.45) is 5.92 Å². The first-order valence-corrected chi connectivity index (χ1v) is 10.7. The molecule has 2 heterocycles. The highest BCUT2D eigenvalue weighted by molar-refractivity contribution is 7.15. The Morgan fingerprint density at radius 3 is 2.69 bits per heavy atom. The van der Waals surface area contributed by atoms with E-state index < -0.39 is 5.60 Å². The summed E-state index contributed by atoms with van der Waals surface area (Å²) in [4.78, 5) is 14.3. The van der Waals surface area contributed by atoms with Crippen molar-refractivity contribution in [1.29, 1.82) is 0 Å². The number of aryl methyl sites for hydroxylation is 2. The second-order valence-corrected chi connectivity index (χ2v) is 8.95. The molecular formula is C22H26N4O2S. The Balaban J connectivity index is 1.57. The molecule has 0 aliphatic heterocycles. The molecule has 0 atom stereocenters. The minimum Gasteiger partial charge on any atom is -0.396 e. The quantitative estimate of drug-likeness (QED) is 0.580. The summed E-state index contributed by atoms with van der Waals surface area (Å²) in [5, 5.41) is 24.5. The molecule has 0 radical (unpaired) electrons. The van der Waals surface area contributed by atoms with Gasteiger partial charge < -0.3 is 15.5 Å². The first kappa shape index (κ1) is 19.9. The van der Waals surface area contributed by atoms with Crippen LogP contribution in [0.25, 0.3) is 10.4 Å². The fourth-order valence-corrected chi connectivity index (χ4v) is 4.86. The van der Waals surface area contributed by atoms with Crippen molar-refractivity contribution in [3.05, 3.63) is 52.9 Å². The summed E-state index contributed by atoms with van der Waals surface area (Å²) < 4.78 is 0. The lowest BCUT2D eigenvalue weighted by Gasteiger charge is -2.33. The highest BCUT2D eigenvalue weighted by Gasteiger charge is 2.37. The number of aliphatic hydroxyl groups is 2. The molecule has 1 aromatic carbocycles. The molecule has 0 unspecified atom stereocenters. The summed E-state index contributed by atoms with van der Waals surface area (Å²) in [6.07, 6.45) is 6.54. The van der Waals surface area contributed by atoms with Crippen LogP contribution in [0.2, 0.25) is 0 Å². The highest BCUT2D eigenvalue weighted by atomic mass is 32.1. The van der Waals surface area contributed by atoms with Crippen molar-refractivity contribution in [1.82, 2.24) is 15.0 Å². The van der Waals surface area contributed by atoms with Gasteiger partial charge in [-0.3, -0.25) is 0 Å². The smallest absolute Gasteiger partial charge is 0.227 e. The normalized spacial score (nSPS) is 21.9. The summed E-state index contributed by atoms with van der Waals surface area (Å²) >= 11 is 1.54. The Hall–Kier alpha value is -2.35. The molecule has 1 aliphatic rings. The summed E-state index contributed by atoms with van der Waals surface area (Å²) in [5.41, 5.74) is 3.12. The van der Waals surface area contributed by atoms with Gasteiger partial charge in [-0.2, -0.15) is 0 Å². The second kappa shape index (κ2) is 8.18. The van der Waals surface area contributed by atoms with Gasteiger partial charge in [-0.15, -0.1) is 11.3 Å². The molecule has 0 spiro atoms. The molecule has 1 aliphatic carbocycles. The fourth-order valence-electron chi connectivity index (χ4n) is 3.81. The van der Waals surface area contributed by atoms with Crippen molar-refractivity contribution in [3.63, 3.8) is 0 Å². The number of rotatable bonds is 5. The van der Waals surface area contributed by atoms with Crippen LogP contribution in [0.4, 0.5) is 11.6 Å². The van der Waals surface area contributed by atoms with Crippen LogP contribution >= 0.6 is 11.3 Å². The number of nitrogens with zero attached hydrogens (tertiary/aromatic N) is 3. The van der Waals surface area contributed by atoms with Crippen LogP contribution in [0.15, 0.2) is 36.7 Å². The van der Waals surface area contributed by atoms with Gasteiger partial charge >= 0.3 is 0 Å². The standard InChI is InChI=1S/C22H26N4O2S/c1-14-9-17(11-18(10-14)26-21-23-8-5-15(2)25-21)19-12-24-20(29-19)22(28)6-3-16(13-27)4-7-22/h5,8-12,16,27-28H,3-4,6-7,13H2,1-2H3,(H,23,25,26). The average molecular weight is 411 g/mol. The minimum absolute atomic E-state index is 0.197. The Morgan fingerprint density at radius 2 is 1.97 bits per heavy atom. The highest BCUT2D eigenvalue weighted by Crippen LogP contribution is 2.42. The van der Waals surface area contributed by atoms with E-state index in [-0.39, 0.29) is 6.61 Å². The van der Waals surface area contributed by atoms with Gasteiger partial charge in [0.15, 0.2) is 0 Å². The number of benzene rings is 1. The zero-order valence-electron chi connectivity index (χ0n) is 16.7. The molecule has 3 N–H and O–H groups in total. The zero-order valence-corrected chi connectivity index (χ0v) is 17.5. The number of thiazole rings is 1. The van der Waals surface area contributed by atoms with Crippen LogP contribution < -0.4 is 5.32 Å². The van der Waals surface area contributed by atoms with Gasteiger partial charge in [-0.1, -0.05) is 6.07 Å². The number of nitrogens with one attached hydrogen (secondary N) is 1. The second-order valence-electron chi connectivity index (χ2n) is 7.92. The minimum atomic E-state index is -0.880. The molecule has 1 fully saturated rings. The van der Waals surface area contributed by atoms with E-state index >= 15 is 0 Å². The summed E-state index contributed by atoms with van der Waals surface area (Å²) in [7, 11) is 0. The zero-order chi connectivity index (χ0) is 20.4. The van der Waals surface area contributed by atoms with E-state index in [0.717, 1.165) is 45.2 Å². The number of hydrogen-bond acceptors (Lipinski definition) is 7. The third-order valence-electron chi connectivity index (χ3n) is 5.51. The molecule has 7 heteroatoms. The van der Waals surface area contributed by atoms with Crippen molar-refractivity contribution in [3.8, 4) is 10.4 Å². The predicted molar refractivity (Wildman–Crippen MR) is 115 cm³/mol. The Morgan fingerprint density at radius 1 is 1.17 bits per heavy atom. The molecule has 3 aromatic rings. The summed E-state index contributed by atoms with van der Waals surface area (Å²) in [5.74, 6) is 0.866. The molecule has 152 valence electrons. The first-order valence-electron chi connectivity index (χ1n) is 9.93. The lowest BCUT2D eigenvalue weighted by Crippen LogP contribution is -2.32. The number of anilines is 2. The van der Waals surface area contributed by atoms with E-state index in [9.17, 15) is 10.2 Å². The predicted octanol–water partition coefficient (Wildman–Crippen LogP) is 4.33. The first-order chi connectivity index (χ1) is 13.9. The molecule has 0 amide bonds. The summed E-state index contributed by atoms with van der Waals surface area (Å²) in [6, 6.07) is 8.10. The Kier molecular flexibility index (Phi) is 5.63. The van der Waals surface area contributed by atoms with Gasteiger partial charge in [0.1, 0.15) is 10.6 Å². The van der Waals surface area contributed by atoms with Gasteiger partial charge in [-0.25, -0.2) is 15.0 Å². The van der Waals surface area contributed by atoms with Gasteiger partial charge in [0.2, 0.25) is 5.95 Å². The van der Waals surface area contributed by atoms with Crippen molar-refractivity contribution >= 4 is 23.0 Å². The molecule has 2 aromatic heterocycles. The molecular weight excluding hydrogens is 384 g/mol. The maximum absolute atomic E-state index is 11.1. The fraction of sp³-hybridized carbons (Fsp3) is 0.409. The van der Waals surface area contributed by atoms with Crippen LogP contribution in [0.3, 0.4) is 0 Å². The van der Waals surface area contributed by atoms with Crippen LogP contribution in [0, 0.1) is 19.8 Å². The Labute approximate surface area is 174 Å². The lowest BCUT2D eigenvalue weighted by atomic mass is 9.79. The Bertz CT molecular complexity index is 996. The largest absolute Gasteiger partial charge is 0.396 e. The van der Waals surface area contributed by atoms with Crippen molar-refractivity contribution in [2.75, 3.05) is 11.9 Å². The van der Waals surface area contributed by atoms with Crippen molar-refractivity contribution < 1.29 is 10.2 Å². The van der Waals surface area contributed by atoms with Crippen LogP contribution in [-0.4, -0.2) is 31.8 Å². The van der Waals surface area contributed by atoms with Crippen molar-refractivity contribution in [2.45, 2.75) is 45.1 Å². The third kappa shape index (κ3) is 4.47. The van der Waals surface area contributed by atoms with E-state index in [1.165, 1.54) is 0 Å². The maximum atomic E-state index is 11.1. The van der Waals surface area contributed by atoms with Crippen LogP contribution in [0.5, 0.6) is 0 Å². The maximum Gasteiger partial charge on any atom is 0.227 e. The molecule has 4 rings (SSSR count). The monoisotopic (exact) mass is 410 g/mol. The SMILES string of the molecule is Cc1cc(Nc2nccc(C)n2)cc(-c2cnc(C3(O)CCC(CO)CC3)s2)c1. The van der Waals surface area contributed by atoms with Gasteiger partial charge in [-0.05, 0) is 74.8 Å². The molecule has 29 heavy (non-hydrogen) atoms. The van der Waals surface area contributed by atoms with E-state index in [0.29, 0.717) is 24.7 Å². The van der Waals surface area contributed by atoms with Gasteiger partial charge in [0, 0.05) is 30.4 Å². The van der Waals surface area contributed by atoms with E-state index in [4.69, 9.17) is 0 Å². The van der Waals surface area contributed by atoms with Crippen LogP contribution in [0.1, 0.15) is 41.9 Å². The molecule has 0 bridgehead atoms. The average Bonchev–Trinajstić information content (AvgIpc) is 3.19. The van der Waals surface area contributed by atoms with E-state index in [1.807, 2.05) is 19.2 Å². The number of aromatic nitrogens is 3. The third-order valence-corrected chi connectivity index (χ3v) is 6.75. The molecule has 6 nitrogen and oxygen atoms in total. The summed E-state index contributed by atoms with van der Waals surface area (Å²) in [6.45, 7) is 4.19. The van der Waals surface area contributed by atoms with Crippen LogP contribution in [-0.2, 0) is 5.60 Å². The molecule has 1 saturated carbocycles. The van der Waals surface area contributed by atoms with Gasteiger partial charge in [0.05, 0.1) is 4.88 Å². The molecule has 0 saturated heterocycles.